The number of nitrogens with one attached hydrogen (secondary N) is 1. The molecule has 2 heterocycles. The number of nitrogens with two attached hydrogens (primary N) is 1. The fraction of sp³-hybridized carbons (Fsp3) is 0.227. The van der Waals surface area contributed by atoms with Crippen molar-refractivity contribution in [1.29, 1.82) is 5.41 Å². The lowest BCUT2D eigenvalue weighted by Crippen LogP contribution is -2.41. The van der Waals surface area contributed by atoms with E-state index < -0.39 is 5.41 Å². The van der Waals surface area contributed by atoms with Crippen LogP contribution in [0.25, 0.3) is 11.1 Å². The van der Waals surface area contributed by atoms with E-state index in [4.69, 9.17) is 16.2 Å². The lowest BCUT2D eigenvalue weighted by molar-refractivity contribution is 0.336. The number of hydrogen-bond acceptors (Lipinski definition) is 5. The van der Waals surface area contributed by atoms with Crippen LogP contribution in [0.2, 0.25) is 0 Å². The molecule has 1 fully saturated rings. The SMILES string of the molecule is Cc1ncccc1C([OH2+])=NC(=N)C1(c2ccc(-c3cnc(N)nc3)cc2)CCC1. The molecule has 4 rings (SSSR count). The molecule has 0 amide bonds. The molecule has 5 N–H and O–H groups in total. The van der Waals surface area contributed by atoms with Gasteiger partial charge in [0, 0.05) is 24.2 Å². The molecule has 1 aliphatic rings. The first-order valence-electron chi connectivity index (χ1n) is 9.49. The highest BCUT2D eigenvalue weighted by atomic mass is 16.3. The van der Waals surface area contributed by atoms with E-state index in [1.54, 1.807) is 24.7 Å². The summed E-state index contributed by atoms with van der Waals surface area (Å²) < 4.78 is 0. The van der Waals surface area contributed by atoms with Crippen molar-refractivity contribution in [2.75, 3.05) is 5.73 Å². The number of aryl methyl sites for hydroxylation is 1. The quantitative estimate of drug-likeness (QED) is 0.405. The molecule has 1 aliphatic carbocycles. The van der Waals surface area contributed by atoms with Gasteiger partial charge in [0.2, 0.25) is 5.95 Å². The Kier molecular flexibility index (Phi) is 4.80. The molecule has 2 aromatic heterocycles. The van der Waals surface area contributed by atoms with Gasteiger partial charge in [0.25, 0.3) is 0 Å². The molecular formula is C22H23N6O+. The summed E-state index contributed by atoms with van der Waals surface area (Å²) in [6.07, 6.45) is 7.86. The molecule has 7 nitrogen and oxygen atoms in total. The number of benzene rings is 1. The zero-order valence-corrected chi connectivity index (χ0v) is 16.2. The van der Waals surface area contributed by atoms with Crippen molar-refractivity contribution in [2.45, 2.75) is 31.6 Å². The topological polar surface area (TPSA) is 124 Å². The highest BCUT2D eigenvalue weighted by molar-refractivity contribution is 6.05. The molecule has 0 atom stereocenters. The predicted molar refractivity (Wildman–Crippen MR) is 114 cm³/mol. The van der Waals surface area contributed by atoms with Gasteiger partial charge >= 0.3 is 5.90 Å². The van der Waals surface area contributed by atoms with Crippen LogP contribution in [0.3, 0.4) is 0 Å². The minimum Gasteiger partial charge on any atom is -0.578 e. The van der Waals surface area contributed by atoms with Crippen molar-refractivity contribution in [2.24, 2.45) is 4.99 Å². The Balaban J connectivity index is 1.62. The van der Waals surface area contributed by atoms with Gasteiger partial charge in [-0.2, -0.15) is 0 Å². The molecule has 1 aromatic carbocycles. The van der Waals surface area contributed by atoms with Crippen LogP contribution in [0.4, 0.5) is 5.95 Å². The summed E-state index contributed by atoms with van der Waals surface area (Å²) in [5, 5.41) is 17.0. The highest BCUT2D eigenvalue weighted by Gasteiger charge is 2.43. The van der Waals surface area contributed by atoms with E-state index in [2.05, 4.69) is 19.9 Å². The van der Waals surface area contributed by atoms with Gasteiger partial charge in [-0.05, 0) is 43.0 Å². The number of hydrogen-bond donors (Lipinski definition) is 2. The molecule has 0 saturated heterocycles. The number of amidine groups is 1. The Morgan fingerprint density at radius 2 is 1.76 bits per heavy atom. The van der Waals surface area contributed by atoms with Crippen molar-refractivity contribution >= 4 is 17.7 Å². The lowest BCUT2D eigenvalue weighted by atomic mass is 9.63. The summed E-state index contributed by atoms with van der Waals surface area (Å²) >= 11 is 0. The van der Waals surface area contributed by atoms with E-state index in [0.717, 1.165) is 41.6 Å². The fourth-order valence-electron chi connectivity index (χ4n) is 3.67. The summed E-state index contributed by atoms with van der Waals surface area (Å²) in [5.41, 5.74) is 9.46. The van der Waals surface area contributed by atoms with Crippen LogP contribution >= 0.6 is 0 Å². The summed E-state index contributed by atoms with van der Waals surface area (Å²) in [4.78, 5) is 16.7. The molecule has 29 heavy (non-hydrogen) atoms. The smallest absolute Gasteiger partial charge is 0.367 e. The molecule has 0 bridgehead atoms. The molecule has 3 aromatic rings. The molecule has 1 saturated carbocycles. The average molecular weight is 387 g/mol. The van der Waals surface area contributed by atoms with Gasteiger partial charge in [-0.1, -0.05) is 30.7 Å². The molecular weight excluding hydrogens is 364 g/mol. The summed E-state index contributed by atoms with van der Waals surface area (Å²) in [6.45, 7) is 1.85. The van der Waals surface area contributed by atoms with Crippen LogP contribution in [-0.2, 0) is 5.41 Å². The zero-order valence-electron chi connectivity index (χ0n) is 16.2. The van der Waals surface area contributed by atoms with Gasteiger partial charge in [0.05, 0.1) is 11.1 Å². The third-order valence-corrected chi connectivity index (χ3v) is 5.59. The number of nitrogens with zero attached hydrogens (tertiary/aromatic N) is 4. The van der Waals surface area contributed by atoms with Crippen LogP contribution < -0.4 is 5.73 Å². The minimum absolute atomic E-state index is 0.0857. The predicted octanol–water partition coefficient (Wildman–Crippen LogP) is 3.00. The summed E-state index contributed by atoms with van der Waals surface area (Å²) in [6, 6.07) is 11.7. The van der Waals surface area contributed by atoms with Crippen LogP contribution in [0.1, 0.15) is 36.1 Å². The summed E-state index contributed by atoms with van der Waals surface area (Å²) in [7, 11) is 0. The standard InChI is InChI=1S/C22H22N6O/c1-14-18(4-2-11-25-14)19(29)28-20(23)22(9-3-10-22)17-7-5-15(6-8-17)16-12-26-21(24)27-13-16/h2,4-8,11-13H,3,9-10H2,1H3,(H2,23,28,29)(H2,24,26,27)/p+1. The number of anilines is 1. The monoisotopic (exact) mass is 387 g/mol. The third-order valence-electron chi connectivity index (χ3n) is 5.59. The van der Waals surface area contributed by atoms with Crippen molar-refractivity contribution < 1.29 is 5.11 Å². The van der Waals surface area contributed by atoms with Crippen LogP contribution in [0.5, 0.6) is 0 Å². The Hall–Kier alpha value is -3.61. The average Bonchev–Trinajstić information content (AvgIpc) is 2.68. The van der Waals surface area contributed by atoms with Gasteiger partial charge in [-0.25, -0.2) is 9.97 Å². The highest BCUT2D eigenvalue weighted by Crippen LogP contribution is 2.45. The maximum Gasteiger partial charge on any atom is 0.367 e. The van der Waals surface area contributed by atoms with Crippen molar-refractivity contribution in [1.82, 2.24) is 15.0 Å². The molecule has 0 unspecified atom stereocenters. The lowest BCUT2D eigenvalue weighted by Gasteiger charge is -2.41. The first-order valence-corrected chi connectivity index (χ1v) is 9.49. The molecule has 7 heteroatoms. The van der Waals surface area contributed by atoms with Gasteiger partial charge in [-0.15, -0.1) is 4.99 Å². The van der Waals surface area contributed by atoms with E-state index in [0.29, 0.717) is 5.56 Å². The largest absolute Gasteiger partial charge is 0.578 e. The Labute approximate surface area is 168 Å². The fourth-order valence-corrected chi connectivity index (χ4v) is 3.67. The third kappa shape index (κ3) is 3.47. The van der Waals surface area contributed by atoms with Crippen molar-refractivity contribution in [3.8, 4) is 11.1 Å². The van der Waals surface area contributed by atoms with Gasteiger partial charge in [0.1, 0.15) is 11.4 Å². The van der Waals surface area contributed by atoms with E-state index in [-0.39, 0.29) is 17.7 Å². The number of rotatable bonds is 4. The number of pyridine rings is 1. The maximum atomic E-state index is 8.66. The van der Waals surface area contributed by atoms with Crippen LogP contribution in [0.15, 0.2) is 60.0 Å². The second kappa shape index (κ2) is 7.43. The van der Waals surface area contributed by atoms with Gasteiger partial charge in [0.15, 0.2) is 0 Å². The van der Waals surface area contributed by atoms with E-state index >= 15 is 0 Å². The molecule has 0 spiro atoms. The molecule has 0 aliphatic heterocycles. The Morgan fingerprint density at radius 1 is 1.07 bits per heavy atom. The van der Waals surface area contributed by atoms with Crippen molar-refractivity contribution in [3.05, 3.63) is 71.8 Å². The second-order valence-corrected chi connectivity index (χ2v) is 7.29. The maximum absolute atomic E-state index is 8.66. The van der Waals surface area contributed by atoms with E-state index in [9.17, 15) is 0 Å². The Morgan fingerprint density at radius 3 is 2.34 bits per heavy atom. The normalized spacial score (nSPS) is 15.6. The van der Waals surface area contributed by atoms with Crippen LogP contribution in [0, 0.1) is 12.3 Å². The van der Waals surface area contributed by atoms with E-state index in [1.165, 1.54) is 0 Å². The van der Waals surface area contributed by atoms with Gasteiger partial charge in [-0.3, -0.25) is 10.4 Å². The van der Waals surface area contributed by atoms with Crippen molar-refractivity contribution in [3.63, 3.8) is 0 Å². The number of nitrogen functional groups attached to an aromatic ring is 1. The number of aromatic nitrogens is 3. The zero-order chi connectivity index (χ0) is 20.4. The van der Waals surface area contributed by atoms with Gasteiger partial charge < -0.3 is 10.8 Å². The second-order valence-electron chi connectivity index (χ2n) is 7.29. The molecule has 146 valence electrons. The number of aliphatic imine (C=N–C) groups is 1. The van der Waals surface area contributed by atoms with E-state index in [1.807, 2.05) is 37.3 Å². The minimum atomic E-state index is -0.432. The Bertz CT molecular complexity index is 1070. The van der Waals surface area contributed by atoms with Crippen LogP contribution in [-0.4, -0.2) is 31.8 Å². The first kappa shape index (κ1) is 18.7. The molecule has 0 radical (unpaired) electrons. The summed E-state index contributed by atoms with van der Waals surface area (Å²) in [5.74, 6) is 0.572. The first-order chi connectivity index (χ1) is 14.0.